The second-order valence-corrected chi connectivity index (χ2v) is 6.69. The highest BCUT2D eigenvalue weighted by Gasteiger charge is 2.19. The van der Waals surface area contributed by atoms with Crippen LogP contribution in [-0.4, -0.2) is 9.38 Å². The number of imidazole rings is 1. The van der Waals surface area contributed by atoms with Crippen molar-refractivity contribution in [3.63, 3.8) is 0 Å². The second-order valence-electron chi connectivity index (χ2n) is 5.51. The van der Waals surface area contributed by atoms with E-state index in [1.165, 1.54) is 27.3 Å². The van der Waals surface area contributed by atoms with Crippen LogP contribution in [0.4, 0.5) is 0 Å². The first kappa shape index (κ1) is 14.3. The van der Waals surface area contributed by atoms with E-state index in [4.69, 9.17) is 10.7 Å². The van der Waals surface area contributed by atoms with Crippen LogP contribution in [0.1, 0.15) is 34.3 Å². The zero-order valence-electron chi connectivity index (χ0n) is 13.0. The Kier molecular flexibility index (Phi) is 3.59. The van der Waals surface area contributed by atoms with E-state index in [-0.39, 0.29) is 0 Å². The smallest absolute Gasteiger partial charge is 0.194 e. The number of thiazole rings is 1. The lowest BCUT2D eigenvalue weighted by Crippen LogP contribution is -2.05. The molecule has 2 N–H and O–H groups in total. The average Bonchev–Trinajstić information content (AvgIpc) is 2.92. The number of benzene rings is 1. The molecule has 0 fully saturated rings. The van der Waals surface area contributed by atoms with Crippen molar-refractivity contribution in [3.05, 3.63) is 45.6 Å². The summed E-state index contributed by atoms with van der Waals surface area (Å²) < 4.78 is 2.26. The molecule has 3 rings (SSSR count). The maximum Gasteiger partial charge on any atom is 0.194 e. The molecule has 0 saturated carbocycles. The number of nitrogens with zero attached hydrogens (tertiary/aromatic N) is 2. The Hall–Kier alpha value is -1.65. The van der Waals surface area contributed by atoms with Crippen molar-refractivity contribution in [2.75, 3.05) is 0 Å². The van der Waals surface area contributed by atoms with Crippen molar-refractivity contribution in [1.29, 1.82) is 0 Å². The van der Waals surface area contributed by atoms with E-state index < -0.39 is 0 Å². The SMILES string of the molecule is CCc1c(C)sc2nc(-c3ccc(C)cc3C)c(CN)n12. The predicted molar refractivity (Wildman–Crippen MR) is 90.0 cm³/mol. The molecule has 4 heteroatoms. The summed E-state index contributed by atoms with van der Waals surface area (Å²) in [5.74, 6) is 0. The van der Waals surface area contributed by atoms with Gasteiger partial charge in [-0.25, -0.2) is 4.98 Å². The number of fused-ring (bicyclic) bond motifs is 1. The van der Waals surface area contributed by atoms with E-state index in [1.807, 2.05) is 0 Å². The normalized spacial score (nSPS) is 11.5. The summed E-state index contributed by atoms with van der Waals surface area (Å²) in [6.07, 6.45) is 1.00. The summed E-state index contributed by atoms with van der Waals surface area (Å²) in [5, 5.41) is 0. The van der Waals surface area contributed by atoms with E-state index in [2.05, 4.69) is 50.3 Å². The van der Waals surface area contributed by atoms with Crippen molar-refractivity contribution in [1.82, 2.24) is 9.38 Å². The molecule has 110 valence electrons. The van der Waals surface area contributed by atoms with Crippen molar-refractivity contribution >= 4 is 16.3 Å². The summed E-state index contributed by atoms with van der Waals surface area (Å²) >= 11 is 1.75. The molecule has 3 nitrogen and oxygen atoms in total. The first-order chi connectivity index (χ1) is 10.1. The predicted octanol–water partition coefficient (Wildman–Crippen LogP) is 4.01. The Morgan fingerprint density at radius 3 is 2.57 bits per heavy atom. The van der Waals surface area contributed by atoms with Gasteiger partial charge in [-0.05, 0) is 32.8 Å². The molecule has 0 bridgehead atoms. The molecule has 0 aliphatic rings. The monoisotopic (exact) mass is 299 g/mol. The molecular formula is C17H21N3S. The van der Waals surface area contributed by atoms with Crippen LogP contribution in [-0.2, 0) is 13.0 Å². The lowest BCUT2D eigenvalue weighted by molar-refractivity contribution is 0.901. The Balaban J connectivity index is 2.30. The molecule has 0 aliphatic carbocycles. The quantitative estimate of drug-likeness (QED) is 0.794. The van der Waals surface area contributed by atoms with E-state index in [1.54, 1.807) is 11.3 Å². The number of aromatic nitrogens is 2. The minimum atomic E-state index is 0.507. The third kappa shape index (κ3) is 2.19. The first-order valence-electron chi connectivity index (χ1n) is 7.34. The lowest BCUT2D eigenvalue weighted by Gasteiger charge is -2.08. The fraction of sp³-hybridized carbons (Fsp3) is 0.353. The minimum Gasteiger partial charge on any atom is -0.325 e. The zero-order valence-corrected chi connectivity index (χ0v) is 13.8. The van der Waals surface area contributed by atoms with Crippen LogP contribution >= 0.6 is 11.3 Å². The molecular weight excluding hydrogens is 278 g/mol. The summed E-state index contributed by atoms with van der Waals surface area (Å²) in [7, 11) is 0. The minimum absolute atomic E-state index is 0.507. The molecule has 2 heterocycles. The Morgan fingerprint density at radius 1 is 1.19 bits per heavy atom. The first-order valence-corrected chi connectivity index (χ1v) is 8.15. The molecule has 0 saturated heterocycles. The molecule has 21 heavy (non-hydrogen) atoms. The summed E-state index contributed by atoms with van der Waals surface area (Å²) in [5.41, 5.74) is 13.3. The van der Waals surface area contributed by atoms with Crippen LogP contribution in [0.15, 0.2) is 18.2 Å². The highest BCUT2D eigenvalue weighted by molar-refractivity contribution is 7.17. The summed E-state index contributed by atoms with van der Waals surface area (Å²) in [6.45, 7) is 9.11. The van der Waals surface area contributed by atoms with E-state index >= 15 is 0 Å². The fourth-order valence-electron chi connectivity index (χ4n) is 3.02. The molecule has 2 aromatic heterocycles. The van der Waals surface area contributed by atoms with E-state index in [9.17, 15) is 0 Å². The van der Waals surface area contributed by atoms with Gasteiger partial charge in [0.2, 0.25) is 0 Å². The third-order valence-electron chi connectivity index (χ3n) is 4.03. The van der Waals surface area contributed by atoms with Crippen molar-refractivity contribution in [2.24, 2.45) is 5.73 Å². The second kappa shape index (κ2) is 5.28. The average molecular weight is 299 g/mol. The van der Waals surface area contributed by atoms with Crippen LogP contribution in [0.5, 0.6) is 0 Å². The van der Waals surface area contributed by atoms with Gasteiger partial charge in [0, 0.05) is 22.7 Å². The van der Waals surface area contributed by atoms with E-state index in [0.717, 1.165) is 22.8 Å². The highest BCUT2D eigenvalue weighted by Crippen LogP contribution is 2.32. The van der Waals surface area contributed by atoms with Gasteiger partial charge in [0.25, 0.3) is 0 Å². The van der Waals surface area contributed by atoms with Crippen LogP contribution in [0, 0.1) is 20.8 Å². The lowest BCUT2D eigenvalue weighted by atomic mass is 10.0. The molecule has 0 unspecified atom stereocenters. The zero-order chi connectivity index (χ0) is 15.1. The third-order valence-corrected chi connectivity index (χ3v) is 5.03. The highest BCUT2D eigenvalue weighted by atomic mass is 32.1. The Bertz CT molecular complexity index is 811. The topological polar surface area (TPSA) is 43.3 Å². The van der Waals surface area contributed by atoms with Crippen LogP contribution in [0.25, 0.3) is 16.2 Å². The number of nitrogens with two attached hydrogens (primary N) is 1. The molecule has 0 spiro atoms. The molecule has 0 aliphatic heterocycles. The largest absolute Gasteiger partial charge is 0.325 e. The van der Waals surface area contributed by atoms with Gasteiger partial charge in [-0.3, -0.25) is 4.40 Å². The van der Waals surface area contributed by atoms with Gasteiger partial charge in [0.1, 0.15) is 0 Å². The summed E-state index contributed by atoms with van der Waals surface area (Å²) in [6, 6.07) is 6.51. The number of rotatable bonds is 3. The van der Waals surface area contributed by atoms with Gasteiger partial charge in [-0.1, -0.05) is 30.7 Å². The number of hydrogen-bond acceptors (Lipinski definition) is 3. The maximum atomic E-state index is 6.06. The van der Waals surface area contributed by atoms with Crippen molar-refractivity contribution in [3.8, 4) is 11.3 Å². The van der Waals surface area contributed by atoms with Crippen molar-refractivity contribution < 1.29 is 0 Å². The van der Waals surface area contributed by atoms with Crippen LogP contribution in [0.2, 0.25) is 0 Å². The van der Waals surface area contributed by atoms with Gasteiger partial charge in [-0.15, -0.1) is 11.3 Å². The van der Waals surface area contributed by atoms with Gasteiger partial charge < -0.3 is 5.73 Å². The fourth-order valence-corrected chi connectivity index (χ4v) is 4.10. The molecule has 0 atom stereocenters. The standard InChI is InChI=1S/C17H21N3S/c1-5-14-12(4)21-17-19-16(15(9-18)20(14)17)13-7-6-10(2)8-11(13)3/h6-8H,5,9,18H2,1-4H3. The molecule has 0 radical (unpaired) electrons. The van der Waals surface area contributed by atoms with E-state index in [0.29, 0.717) is 6.54 Å². The molecule has 1 aromatic carbocycles. The summed E-state index contributed by atoms with van der Waals surface area (Å²) in [4.78, 5) is 7.27. The van der Waals surface area contributed by atoms with Gasteiger partial charge in [0.15, 0.2) is 4.96 Å². The number of hydrogen-bond donors (Lipinski definition) is 1. The van der Waals surface area contributed by atoms with Crippen molar-refractivity contribution in [2.45, 2.75) is 40.7 Å². The van der Waals surface area contributed by atoms with Gasteiger partial charge >= 0.3 is 0 Å². The van der Waals surface area contributed by atoms with Gasteiger partial charge in [0.05, 0.1) is 11.4 Å². The molecule has 3 aromatic rings. The number of aryl methyl sites for hydroxylation is 4. The van der Waals surface area contributed by atoms with Crippen LogP contribution in [0.3, 0.4) is 0 Å². The van der Waals surface area contributed by atoms with Gasteiger partial charge in [-0.2, -0.15) is 0 Å². The van der Waals surface area contributed by atoms with Crippen LogP contribution < -0.4 is 5.73 Å². The Morgan fingerprint density at radius 2 is 1.95 bits per heavy atom. The maximum absolute atomic E-state index is 6.06. The Labute approximate surface area is 129 Å². The molecule has 0 amide bonds.